The number of halogens is 1. The van der Waals surface area contributed by atoms with Crippen LogP contribution in [-0.4, -0.2) is 15.0 Å². The average molecular weight is 388 g/mol. The van der Waals surface area contributed by atoms with Gasteiger partial charge in [-0.25, -0.2) is 9.97 Å². The zero-order chi connectivity index (χ0) is 17.1. The molecule has 0 saturated heterocycles. The van der Waals surface area contributed by atoms with Gasteiger partial charge in [-0.15, -0.1) is 0 Å². The summed E-state index contributed by atoms with van der Waals surface area (Å²) in [6.07, 6.45) is 1.78. The number of rotatable bonds is 3. The summed E-state index contributed by atoms with van der Waals surface area (Å²) in [7, 11) is 0. The van der Waals surface area contributed by atoms with Crippen molar-refractivity contribution in [1.82, 2.24) is 15.0 Å². The van der Waals surface area contributed by atoms with Crippen LogP contribution in [0.3, 0.4) is 0 Å². The molecular weight excluding hydrogens is 374 g/mol. The summed E-state index contributed by atoms with van der Waals surface area (Å²) in [4.78, 5) is 13.9. The molecule has 0 atom stereocenters. The lowest BCUT2D eigenvalue weighted by atomic mass is 10.1. The molecule has 4 rings (SSSR count). The molecule has 25 heavy (non-hydrogen) atoms. The van der Waals surface area contributed by atoms with Gasteiger partial charge in [-0.1, -0.05) is 64.5 Å². The van der Waals surface area contributed by atoms with Crippen molar-refractivity contribution in [3.8, 4) is 34.0 Å². The van der Waals surface area contributed by atoms with Crippen molar-refractivity contribution in [3.63, 3.8) is 0 Å². The highest BCUT2D eigenvalue weighted by atomic mass is 79.9. The van der Waals surface area contributed by atoms with E-state index in [2.05, 4.69) is 20.9 Å². The van der Waals surface area contributed by atoms with Crippen molar-refractivity contribution >= 4 is 15.9 Å². The molecule has 0 radical (unpaired) electrons. The van der Waals surface area contributed by atoms with Crippen LogP contribution >= 0.6 is 15.9 Å². The number of hydrogen-bond donors (Lipinski definition) is 0. The molecule has 0 aliphatic heterocycles. The fraction of sp³-hybridized carbons (Fsp3) is 0. The number of aromatic nitrogens is 3. The molecule has 2 aromatic heterocycles. The minimum absolute atomic E-state index is 0.696. The van der Waals surface area contributed by atoms with Gasteiger partial charge in [-0.2, -0.15) is 0 Å². The second-order valence-corrected chi connectivity index (χ2v) is 6.47. The number of benzene rings is 2. The summed E-state index contributed by atoms with van der Waals surface area (Å²) in [6.45, 7) is 0. The zero-order valence-corrected chi connectivity index (χ0v) is 14.9. The quantitative estimate of drug-likeness (QED) is 0.456. The third-order valence-corrected chi connectivity index (χ3v) is 4.35. The first-order valence-electron chi connectivity index (χ1n) is 7.91. The van der Waals surface area contributed by atoms with E-state index in [1.54, 1.807) is 6.20 Å². The van der Waals surface area contributed by atoms with Gasteiger partial charge in [0, 0.05) is 21.8 Å². The Kier molecular flexibility index (Phi) is 4.36. The molecule has 0 unspecified atom stereocenters. The fourth-order valence-corrected chi connectivity index (χ4v) is 2.84. The maximum Gasteiger partial charge on any atom is 0.160 e. The Morgan fingerprint density at radius 1 is 0.600 bits per heavy atom. The van der Waals surface area contributed by atoms with Crippen LogP contribution in [0.5, 0.6) is 0 Å². The van der Waals surface area contributed by atoms with E-state index >= 15 is 0 Å². The average Bonchev–Trinajstić information content (AvgIpc) is 2.69. The lowest BCUT2D eigenvalue weighted by Gasteiger charge is -2.09. The van der Waals surface area contributed by atoms with Crippen LogP contribution in [-0.2, 0) is 0 Å². The van der Waals surface area contributed by atoms with Crippen LogP contribution in [0, 0.1) is 0 Å². The SMILES string of the molecule is Brc1ccc(-c2cc(-c3ccccn3)nc(-c3ccccc3)n2)cc1. The number of pyridine rings is 1. The van der Waals surface area contributed by atoms with Gasteiger partial charge in [-0.3, -0.25) is 4.98 Å². The van der Waals surface area contributed by atoms with Gasteiger partial charge in [0.2, 0.25) is 0 Å². The molecule has 2 aromatic carbocycles. The van der Waals surface area contributed by atoms with Crippen molar-refractivity contribution < 1.29 is 0 Å². The van der Waals surface area contributed by atoms with Crippen LogP contribution in [0.4, 0.5) is 0 Å². The molecule has 0 bridgehead atoms. The third-order valence-electron chi connectivity index (χ3n) is 3.83. The van der Waals surface area contributed by atoms with Gasteiger partial charge >= 0.3 is 0 Å². The minimum atomic E-state index is 0.696. The van der Waals surface area contributed by atoms with Crippen molar-refractivity contribution in [3.05, 3.63) is 89.5 Å². The zero-order valence-electron chi connectivity index (χ0n) is 13.3. The van der Waals surface area contributed by atoms with E-state index in [1.165, 1.54) is 0 Å². The van der Waals surface area contributed by atoms with Gasteiger partial charge in [0.25, 0.3) is 0 Å². The van der Waals surface area contributed by atoms with Crippen molar-refractivity contribution in [2.75, 3.05) is 0 Å². The van der Waals surface area contributed by atoms with E-state index < -0.39 is 0 Å². The van der Waals surface area contributed by atoms with Crippen molar-refractivity contribution in [2.45, 2.75) is 0 Å². The van der Waals surface area contributed by atoms with Crippen LogP contribution in [0.1, 0.15) is 0 Å². The molecule has 0 amide bonds. The van der Waals surface area contributed by atoms with Crippen LogP contribution in [0.2, 0.25) is 0 Å². The van der Waals surface area contributed by atoms with Gasteiger partial charge < -0.3 is 0 Å². The largest absolute Gasteiger partial charge is 0.255 e. The maximum atomic E-state index is 4.77. The summed E-state index contributed by atoms with van der Waals surface area (Å²) in [5.41, 5.74) is 4.55. The van der Waals surface area contributed by atoms with Crippen LogP contribution < -0.4 is 0 Å². The van der Waals surface area contributed by atoms with Gasteiger partial charge in [0.15, 0.2) is 5.82 Å². The van der Waals surface area contributed by atoms with Crippen molar-refractivity contribution in [1.29, 1.82) is 0 Å². The molecule has 0 spiro atoms. The second-order valence-electron chi connectivity index (χ2n) is 5.55. The summed E-state index contributed by atoms with van der Waals surface area (Å²) in [6, 6.07) is 25.9. The molecule has 4 heteroatoms. The summed E-state index contributed by atoms with van der Waals surface area (Å²) in [5, 5.41) is 0. The predicted octanol–water partition coefficient (Wildman–Crippen LogP) is 5.64. The van der Waals surface area contributed by atoms with Crippen LogP contribution in [0.15, 0.2) is 89.5 Å². The molecular formula is C21H14BrN3. The van der Waals surface area contributed by atoms with E-state index in [-0.39, 0.29) is 0 Å². The van der Waals surface area contributed by atoms with Gasteiger partial charge in [-0.05, 0) is 30.3 Å². The minimum Gasteiger partial charge on any atom is -0.255 e. The Morgan fingerprint density at radius 3 is 2.04 bits per heavy atom. The lowest BCUT2D eigenvalue weighted by molar-refractivity contribution is 1.16. The second kappa shape index (κ2) is 6.95. The van der Waals surface area contributed by atoms with E-state index in [1.807, 2.05) is 78.9 Å². The Bertz CT molecular complexity index is 927. The van der Waals surface area contributed by atoms with Gasteiger partial charge in [0.1, 0.15) is 0 Å². The molecule has 0 N–H and O–H groups in total. The normalized spacial score (nSPS) is 10.6. The third kappa shape index (κ3) is 3.49. The smallest absolute Gasteiger partial charge is 0.160 e. The molecule has 4 aromatic rings. The molecule has 120 valence electrons. The van der Waals surface area contributed by atoms with Crippen LogP contribution in [0.25, 0.3) is 34.0 Å². The first kappa shape index (κ1) is 15.7. The molecule has 2 heterocycles. The Morgan fingerprint density at radius 2 is 1.32 bits per heavy atom. The first-order valence-corrected chi connectivity index (χ1v) is 8.71. The summed E-state index contributed by atoms with van der Waals surface area (Å²) in [5.74, 6) is 0.696. The van der Waals surface area contributed by atoms with E-state index in [9.17, 15) is 0 Å². The monoisotopic (exact) mass is 387 g/mol. The Balaban J connectivity index is 1.90. The fourth-order valence-electron chi connectivity index (χ4n) is 2.58. The van der Waals surface area contributed by atoms with E-state index in [0.717, 1.165) is 32.7 Å². The molecule has 0 fully saturated rings. The van der Waals surface area contributed by atoms with E-state index in [4.69, 9.17) is 9.97 Å². The number of hydrogen-bond acceptors (Lipinski definition) is 3. The topological polar surface area (TPSA) is 38.7 Å². The Hall–Kier alpha value is -2.85. The number of nitrogens with zero attached hydrogens (tertiary/aromatic N) is 3. The molecule has 0 aliphatic carbocycles. The van der Waals surface area contributed by atoms with Gasteiger partial charge in [0.05, 0.1) is 17.1 Å². The summed E-state index contributed by atoms with van der Waals surface area (Å²) < 4.78 is 1.04. The highest BCUT2D eigenvalue weighted by Gasteiger charge is 2.10. The molecule has 3 nitrogen and oxygen atoms in total. The predicted molar refractivity (Wildman–Crippen MR) is 104 cm³/mol. The highest BCUT2D eigenvalue weighted by molar-refractivity contribution is 9.10. The highest BCUT2D eigenvalue weighted by Crippen LogP contribution is 2.27. The van der Waals surface area contributed by atoms with E-state index in [0.29, 0.717) is 5.82 Å². The first-order chi connectivity index (χ1) is 12.3. The van der Waals surface area contributed by atoms with Crippen molar-refractivity contribution in [2.24, 2.45) is 0 Å². The molecule has 0 saturated carbocycles. The maximum absolute atomic E-state index is 4.77. The standard InChI is InChI=1S/C21H14BrN3/c22-17-11-9-15(10-12-17)19-14-20(18-8-4-5-13-23-18)25-21(24-19)16-6-2-1-3-7-16/h1-14H. The Labute approximate surface area is 154 Å². The molecule has 0 aliphatic rings. The lowest BCUT2D eigenvalue weighted by Crippen LogP contribution is -1.96. The summed E-state index contributed by atoms with van der Waals surface area (Å²) >= 11 is 3.48.